The third-order valence-corrected chi connectivity index (χ3v) is 2.14. The maximum Gasteiger partial charge on any atom is 0.387 e. The number of aliphatic hydroxyl groups is 1. The van der Waals surface area contributed by atoms with Gasteiger partial charge in [-0.1, -0.05) is 0 Å². The average Bonchev–Trinajstić information content (AvgIpc) is 2.26. The number of ether oxygens (including phenoxy) is 1. The molecule has 2 atom stereocenters. The highest BCUT2D eigenvalue weighted by Gasteiger charge is 2.26. The number of rotatable bonds is 5. The van der Waals surface area contributed by atoms with Gasteiger partial charge in [-0.25, -0.2) is 4.39 Å². The van der Waals surface area contributed by atoms with Crippen molar-refractivity contribution in [2.45, 2.75) is 18.8 Å². The van der Waals surface area contributed by atoms with E-state index in [1.165, 1.54) is 0 Å². The Hall–Kier alpha value is -1.80. The number of alkyl halides is 2. The number of halogens is 3. The van der Waals surface area contributed by atoms with Crippen molar-refractivity contribution >= 4 is 5.97 Å². The number of hydrogen-bond acceptors (Lipinski definition) is 4. The van der Waals surface area contributed by atoms with Crippen LogP contribution in [0.2, 0.25) is 0 Å². The minimum Gasteiger partial charge on any atom is -0.480 e. The van der Waals surface area contributed by atoms with Crippen molar-refractivity contribution in [1.29, 1.82) is 0 Å². The first-order valence-electron chi connectivity index (χ1n) is 4.73. The first-order valence-corrected chi connectivity index (χ1v) is 4.73. The third-order valence-electron chi connectivity index (χ3n) is 2.14. The fourth-order valence-electron chi connectivity index (χ4n) is 1.25. The van der Waals surface area contributed by atoms with E-state index in [1.54, 1.807) is 0 Å². The molecule has 0 fully saturated rings. The van der Waals surface area contributed by atoms with E-state index in [0.717, 1.165) is 12.1 Å². The number of carboxylic acids is 1. The van der Waals surface area contributed by atoms with Crippen LogP contribution >= 0.6 is 0 Å². The predicted octanol–water partition coefficient (Wildman–Crippen LogP) is 0.872. The molecule has 0 aliphatic rings. The van der Waals surface area contributed by atoms with Gasteiger partial charge in [0.05, 0.1) is 0 Å². The second-order valence-corrected chi connectivity index (χ2v) is 3.37. The van der Waals surface area contributed by atoms with E-state index >= 15 is 0 Å². The maximum absolute atomic E-state index is 13.4. The number of aliphatic carboxylic acids is 1. The van der Waals surface area contributed by atoms with Crippen LogP contribution in [0.5, 0.6) is 5.75 Å². The smallest absolute Gasteiger partial charge is 0.387 e. The van der Waals surface area contributed by atoms with E-state index < -0.39 is 41.9 Å². The molecule has 1 aromatic carbocycles. The molecule has 0 heterocycles. The van der Waals surface area contributed by atoms with Crippen molar-refractivity contribution in [1.82, 2.24) is 0 Å². The summed E-state index contributed by atoms with van der Waals surface area (Å²) < 4.78 is 41.1. The van der Waals surface area contributed by atoms with Gasteiger partial charge in [0.1, 0.15) is 23.7 Å². The zero-order valence-electron chi connectivity index (χ0n) is 8.89. The van der Waals surface area contributed by atoms with Crippen LogP contribution in [0.25, 0.3) is 0 Å². The van der Waals surface area contributed by atoms with E-state index in [-0.39, 0.29) is 0 Å². The summed E-state index contributed by atoms with van der Waals surface area (Å²) in [6.45, 7) is -3.11. The van der Waals surface area contributed by atoms with Gasteiger partial charge >= 0.3 is 12.6 Å². The van der Waals surface area contributed by atoms with Crippen LogP contribution in [-0.4, -0.2) is 28.8 Å². The maximum atomic E-state index is 13.4. The van der Waals surface area contributed by atoms with Crippen molar-refractivity contribution in [2.75, 3.05) is 0 Å². The molecular weight excluding hydrogens is 255 g/mol. The second-order valence-electron chi connectivity index (χ2n) is 3.37. The molecule has 0 unspecified atom stereocenters. The molecule has 4 N–H and O–H groups in total. The summed E-state index contributed by atoms with van der Waals surface area (Å²) in [5, 5.41) is 18.0. The zero-order valence-corrected chi connectivity index (χ0v) is 8.89. The van der Waals surface area contributed by atoms with Crippen molar-refractivity contribution in [2.24, 2.45) is 5.73 Å². The minimum absolute atomic E-state index is 0.411. The van der Waals surface area contributed by atoms with E-state index in [4.69, 9.17) is 10.8 Å². The van der Waals surface area contributed by atoms with Crippen molar-refractivity contribution < 1.29 is 32.9 Å². The SMILES string of the molecule is N[C@H](C(=O)O)[C@H](O)c1ccc(OC(F)F)cc1F. The number of hydrogen-bond donors (Lipinski definition) is 3. The molecule has 0 saturated carbocycles. The second kappa shape index (κ2) is 5.69. The summed E-state index contributed by atoms with van der Waals surface area (Å²) in [5.41, 5.74) is 4.70. The highest BCUT2D eigenvalue weighted by atomic mass is 19.3. The van der Waals surface area contributed by atoms with Crippen LogP contribution in [0, 0.1) is 5.82 Å². The number of benzene rings is 1. The number of carboxylic acid groups (broad SMARTS) is 1. The molecule has 0 saturated heterocycles. The molecule has 0 aliphatic heterocycles. The first kappa shape index (κ1) is 14.3. The topological polar surface area (TPSA) is 92.8 Å². The highest BCUT2D eigenvalue weighted by Crippen LogP contribution is 2.24. The fraction of sp³-hybridized carbons (Fsp3) is 0.300. The number of aliphatic hydroxyl groups excluding tert-OH is 1. The lowest BCUT2D eigenvalue weighted by Gasteiger charge is -2.16. The standard InChI is InChI=1S/C10H10F3NO4/c11-6-3-4(18-10(12)13)1-2-5(6)8(15)7(14)9(16)17/h1-3,7-8,10,15H,14H2,(H,16,17)/t7-,8+/m0/s1. The van der Waals surface area contributed by atoms with Crippen LogP contribution < -0.4 is 10.5 Å². The Morgan fingerprint density at radius 3 is 2.44 bits per heavy atom. The van der Waals surface area contributed by atoms with Gasteiger partial charge in [-0.15, -0.1) is 0 Å². The normalized spacial score (nSPS) is 14.3. The van der Waals surface area contributed by atoms with E-state index in [1.807, 2.05) is 0 Å². The molecule has 100 valence electrons. The molecule has 0 amide bonds. The Bertz CT molecular complexity index is 441. The van der Waals surface area contributed by atoms with Gasteiger partial charge in [0, 0.05) is 11.6 Å². The molecule has 5 nitrogen and oxygen atoms in total. The van der Waals surface area contributed by atoms with Crippen LogP contribution in [0.1, 0.15) is 11.7 Å². The summed E-state index contributed by atoms with van der Waals surface area (Å²) in [7, 11) is 0. The van der Waals surface area contributed by atoms with Crippen LogP contribution in [0.4, 0.5) is 13.2 Å². The van der Waals surface area contributed by atoms with Gasteiger partial charge in [-0.05, 0) is 12.1 Å². The monoisotopic (exact) mass is 265 g/mol. The number of nitrogens with two attached hydrogens (primary N) is 1. The van der Waals surface area contributed by atoms with Crippen molar-refractivity contribution in [3.8, 4) is 5.75 Å². The molecular formula is C10H10F3NO4. The minimum atomic E-state index is -3.11. The van der Waals surface area contributed by atoms with Gasteiger partial charge in [0.25, 0.3) is 0 Å². The van der Waals surface area contributed by atoms with E-state index in [9.17, 15) is 23.1 Å². The van der Waals surface area contributed by atoms with Gasteiger partial charge in [0.2, 0.25) is 0 Å². The van der Waals surface area contributed by atoms with Gasteiger partial charge in [0.15, 0.2) is 0 Å². The molecule has 0 aliphatic carbocycles. The summed E-state index contributed by atoms with van der Waals surface area (Å²) in [6.07, 6.45) is -1.79. The van der Waals surface area contributed by atoms with Crippen molar-refractivity contribution in [3.05, 3.63) is 29.6 Å². The van der Waals surface area contributed by atoms with E-state index in [0.29, 0.717) is 6.07 Å². The largest absolute Gasteiger partial charge is 0.480 e. The molecule has 1 rings (SSSR count). The fourth-order valence-corrected chi connectivity index (χ4v) is 1.25. The van der Waals surface area contributed by atoms with Gasteiger partial charge in [-0.3, -0.25) is 4.79 Å². The molecule has 0 radical (unpaired) electrons. The zero-order chi connectivity index (χ0) is 13.9. The van der Waals surface area contributed by atoms with Crippen LogP contribution in [0.15, 0.2) is 18.2 Å². The Morgan fingerprint density at radius 1 is 1.39 bits per heavy atom. The predicted molar refractivity (Wildman–Crippen MR) is 53.6 cm³/mol. The molecule has 1 aromatic rings. The number of carbonyl (C=O) groups is 1. The first-order chi connectivity index (χ1) is 8.32. The average molecular weight is 265 g/mol. The Balaban J connectivity index is 2.95. The van der Waals surface area contributed by atoms with Gasteiger partial charge < -0.3 is 20.7 Å². The molecule has 0 bridgehead atoms. The summed E-state index contributed by atoms with van der Waals surface area (Å²) in [6, 6.07) is 0.795. The molecule has 8 heteroatoms. The highest BCUT2D eigenvalue weighted by molar-refractivity contribution is 5.74. The molecule has 0 aromatic heterocycles. The van der Waals surface area contributed by atoms with Crippen molar-refractivity contribution in [3.63, 3.8) is 0 Å². The Kier molecular flexibility index (Phi) is 4.51. The summed E-state index contributed by atoms with van der Waals surface area (Å²) in [4.78, 5) is 10.5. The lowest BCUT2D eigenvalue weighted by atomic mass is 10.0. The van der Waals surface area contributed by atoms with Gasteiger partial charge in [-0.2, -0.15) is 8.78 Å². The van der Waals surface area contributed by atoms with Crippen LogP contribution in [0.3, 0.4) is 0 Å². The Labute approximate surface area is 99.6 Å². The quantitative estimate of drug-likeness (QED) is 0.734. The summed E-state index contributed by atoms with van der Waals surface area (Å²) >= 11 is 0. The molecule has 0 spiro atoms. The van der Waals surface area contributed by atoms with Crippen LogP contribution in [-0.2, 0) is 4.79 Å². The third kappa shape index (κ3) is 3.34. The summed E-state index contributed by atoms with van der Waals surface area (Å²) in [5.74, 6) is -3.05. The van der Waals surface area contributed by atoms with E-state index in [2.05, 4.69) is 4.74 Å². The lowest BCUT2D eigenvalue weighted by molar-refractivity contribution is -0.141. The molecule has 18 heavy (non-hydrogen) atoms. The Morgan fingerprint density at radius 2 is 2.00 bits per heavy atom. The lowest BCUT2D eigenvalue weighted by Crippen LogP contribution is -2.36.